The Morgan fingerprint density at radius 3 is 2.37 bits per heavy atom. The second kappa shape index (κ2) is 8.76. The highest BCUT2D eigenvalue weighted by atomic mass is 32.2. The smallest absolute Gasteiger partial charge is 0.339 e. The van der Waals surface area contributed by atoms with Crippen LogP contribution in [0.25, 0.3) is 0 Å². The maximum atomic E-state index is 12.7. The second-order valence-electron chi connectivity index (χ2n) is 6.93. The van der Waals surface area contributed by atoms with Gasteiger partial charge in [0.05, 0.1) is 10.5 Å². The summed E-state index contributed by atoms with van der Waals surface area (Å²) in [5, 5.41) is 5.12. The standard InChI is InChI=1S/C19H23N5O5S/c1-13-4-5-15(30(20,27)28)12-16(13)18(26)29-14(2)17(25)23-8-10-24(11-9-23)19-21-6-3-7-22-19/h3-7,12,14H,8-11H2,1-2H3,(H2,20,27,28). The molecule has 3 rings (SSSR count). The summed E-state index contributed by atoms with van der Waals surface area (Å²) < 4.78 is 28.4. The van der Waals surface area contributed by atoms with E-state index in [1.54, 1.807) is 30.3 Å². The topological polar surface area (TPSA) is 136 Å². The molecular weight excluding hydrogens is 410 g/mol. The fraction of sp³-hybridized carbons (Fsp3) is 0.368. The lowest BCUT2D eigenvalue weighted by Crippen LogP contribution is -2.52. The summed E-state index contributed by atoms with van der Waals surface area (Å²) in [5.41, 5.74) is 0.566. The number of esters is 1. The number of aromatic nitrogens is 2. The van der Waals surface area contributed by atoms with Crippen LogP contribution in [-0.4, -0.2) is 67.4 Å². The Balaban J connectivity index is 1.62. The van der Waals surface area contributed by atoms with Crippen LogP contribution in [-0.2, 0) is 19.6 Å². The summed E-state index contributed by atoms with van der Waals surface area (Å²) in [6.07, 6.45) is 2.30. The van der Waals surface area contributed by atoms with Crippen LogP contribution in [0.4, 0.5) is 5.95 Å². The molecule has 2 N–H and O–H groups in total. The summed E-state index contributed by atoms with van der Waals surface area (Å²) in [4.78, 5) is 37.0. The number of carbonyl (C=O) groups is 2. The first-order valence-electron chi connectivity index (χ1n) is 9.32. The lowest BCUT2D eigenvalue weighted by atomic mass is 10.1. The number of carbonyl (C=O) groups excluding carboxylic acids is 2. The summed E-state index contributed by atoms with van der Waals surface area (Å²) >= 11 is 0. The molecule has 1 aliphatic heterocycles. The van der Waals surface area contributed by atoms with E-state index in [-0.39, 0.29) is 16.4 Å². The Hall–Kier alpha value is -3.05. The molecule has 2 aromatic rings. The number of amides is 1. The van der Waals surface area contributed by atoms with Crippen molar-refractivity contribution in [1.82, 2.24) is 14.9 Å². The van der Waals surface area contributed by atoms with Gasteiger partial charge in [-0.25, -0.2) is 28.3 Å². The van der Waals surface area contributed by atoms with Gasteiger partial charge in [-0.3, -0.25) is 4.79 Å². The minimum atomic E-state index is -3.96. The number of nitrogens with two attached hydrogens (primary N) is 1. The quantitative estimate of drug-likeness (QED) is 0.666. The zero-order chi connectivity index (χ0) is 21.9. The van der Waals surface area contributed by atoms with Crippen LogP contribution in [0, 0.1) is 6.92 Å². The molecule has 11 heteroatoms. The molecule has 1 aliphatic rings. The van der Waals surface area contributed by atoms with Gasteiger partial charge in [0.1, 0.15) is 0 Å². The van der Waals surface area contributed by atoms with Crippen molar-refractivity contribution in [3.63, 3.8) is 0 Å². The Morgan fingerprint density at radius 2 is 1.77 bits per heavy atom. The molecule has 1 amide bonds. The van der Waals surface area contributed by atoms with Crippen LogP contribution < -0.4 is 10.0 Å². The highest BCUT2D eigenvalue weighted by Gasteiger charge is 2.28. The molecule has 0 bridgehead atoms. The number of aryl methyl sites for hydroxylation is 1. The molecule has 0 aliphatic carbocycles. The van der Waals surface area contributed by atoms with Gasteiger partial charge in [0.2, 0.25) is 16.0 Å². The Morgan fingerprint density at radius 1 is 1.13 bits per heavy atom. The first-order chi connectivity index (χ1) is 14.2. The van der Waals surface area contributed by atoms with Gasteiger partial charge in [-0.05, 0) is 37.6 Å². The van der Waals surface area contributed by atoms with Crippen molar-refractivity contribution in [3.05, 3.63) is 47.8 Å². The van der Waals surface area contributed by atoms with E-state index in [0.29, 0.717) is 37.7 Å². The second-order valence-corrected chi connectivity index (χ2v) is 8.49. The minimum absolute atomic E-state index is 0.0484. The molecule has 160 valence electrons. The van der Waals surface area contributed by atoms with Gasteiger partial charge in [-0.2, -0.15) is 0 Å². The van der Waals surface area contributed by atoms with Crippen molar-refractivity contribution in [2.75, 3.05) is 31.1 Å². The number of nitrogens with zero attached hydrogens (tertiary/aromatic N) is 4. The predicted octanol–water partition coefficient (Wildman–Crippen LogP) is 0.327. The molecule has 2 heterocycles. The number of piperazine rings is 1. The number of ether oxygens (including phenoxy) is 1. The van der Waals surface area contributed by atoms with Gasteiger partial charge in [-0.15, -0.1) is 0 Å². The van der Waals surface area contributed by atoms with Gasteiger partial charge in [-0.1, -0.05) is 6.07 Å². The summed E-state index contributed by atoms with van der Waals surface area (Å²) in [6, 6.07) is 5.67. The number of benzene rings is 1. The Kier molecular flexibility index (Phi) is 6.32. The van der Waals surface area contributed by atoms with E-state index in [1.807, 2.05) is 4.90 Å². The van der Waals surface area contributed by atoms with Crippen molar-refractivity contribution in [2.45, 2.75) is 24.8 Å². The maximum absolute atomic E-state index is 12.7. The third-order valence-electron chi connectivity index (χ3n) is 4.82. The monoisotopic (exact) mass is 433 g/mol. The lowest BCUT2D eigenvalue weighted by molar-refractivity contribution is -0.140. The summed E-state index contributed by atoms with van der Waals surface area (Å²) in [7, 11) is -3.96. The fourth-order valence-corrected chi connectivity index (χ4v) is 3.65. The normalized spacial score (nSPS) is 15.6. The van der Waals surface area contributed by atoms with E-state index in [0.717, 1.165) is 6.07 Å². The van der Waals surface area contributed by atoms with E-state index >= 15 is 0 Å². The van der Waals surface area contributed by atoms with Gasteiger partial charge < -0.3 is 14.5 Å². The van der Waals surface area contributed by atoms with Gasteiger partial charge in [0, 0.05) is 38.6 Å². The first-order valence-corrected chi connectivity index (χ1v) is 10.9. The van der Waals surface area contributed by atoms with E-state index in [9.17, 15) is 18.0 Å². The number of rotatable bonds is 5. The molecule has 1 aromatic heterocycles. The molecule has 30 heavy (non-hydrogen) atoms. The van der Waals surface area contributed by atoms with Crippen molar-refractivity contribution in [2.24, 2.45) is 5.14 Å². The zero-order valence-corrected chi connectivity index (χ0v) is 17.5. The van der Waals surface area contributed by atoms with Gasteiger partial charge in [0.15, 0.2) is 6.10 Å². The molecular formula is C19H23N5O5S. The summed E-state index contributed by atoms with van der Waals surface area (Å²) in [5.74, 6) is -0.498. The van der Waals surface area contributed by atoms with Crippen LogP contribution in [0.15, 0.2) is 41.6 Å². The third kappa shape index (κ3) is 4.92. The van der Waals surface area contributed by atoms with Crippen molar-refractivity contribution >= 4 is 27.8 Å². The molecule has 0 spiro atoms. The Bertz CT molecular complexity index is 1040. The number of hydrogen-bond acceptors (Lipinski definition) is 8. The highest BCUT2D eigenvalue weighted by Crippen LogP contribution is 2.17. The largest absolute Gasteiger partial charge is 0.449 e. The molecule has 1 unspecified atom stereocenters. The zero-order valence-electron chi connectivity index (χ0n) is 16.7. The molecule has 10 nitrogen and oxygen atoms in total. The first kappa shape index (κ1) is 21.7. The fourth-order valence-electron chi connectivity index (χ4n) is 3.11. The maximum Gasteiger partial charge on any atom is 0.339 e. The minimum Gasteiger partial charge on any atom is -0.449 e. The van der Waals surface area contributed by atoms with Crippen molar-refractivity contribution < 1.29 is 22.7 Å². The molecule has 1 aromatic carbocycles. The van der Waals surface area contributed by atoms with Crippen LogP contribution in [0.2, 0.25) is 0 Å². The average molecular weight is 433 g/mol. The lowest BCUT2D eigenvalue weighted by Gasteiger charge is -2.35. The molecule has 1 fully saturated rings. The average Bonchev–Trinajstić information content (AvgIpc) is 2.73. The molecule has 0 saturated carbocycles. The number of sulfonamides is 1. The predicted molar refractivity (Wildman–Crippen MR) is 108 cm³/mol. The van der Waals surface area contributed by atoms with Crippen molar-refractivity contribution in [3.8, 4) is 0 Å². The molecule has 1 saturated heterocycles. The van der Waals surface area contributed by atoms with Crippen molar-refractivity contribution in [1.29, 1.82) is 0 Å². The van der Waals surface area contributed by atoms with E-state index < -0.39 is 22.1 Å². The van der Waals surface area contributed by atoms with Crippen LogP contribution in [0.3, 0.4) is 0 Å². The summed E-state index contributed by atoms with van der Waals surface area (Å²) in [6.45, 7) is 5.14. The Labute approximate surface area is 174 Å². The van der Waals surface area contributed by atoms with E-state index in [2.05, 4.69) is 9.97 Å². The molecule has 0 radical (unpaired) electrons. The van der Waals surface area contributed by atoms with Crippen LogP contribution >= 0.6 is 0 Å². The number of anilines is 1. The SMILES string of the molecule is Cc1ccc(S(N)(=O)=O)cc1C(=O)OC(C)C(=O)N1CCN(c2ncccn2)CC1. The number of hydrogen-bond donors (Lipinski definition) is 1. The molecule has 1 atom stereocenters. The highest BCUT2D eigenvalue weighted by molar-refractivity contribution is 7.89. The van der Waals surface area contributed by atoms with Crippen LogP contribution in [0.5, 0.6) is 0 Å². The van der Waals surface area contributed by atoms with E-state index in [1.165, 1.54) is 19.1 Å². The van der Waals surface area contributed by atoms with E-state index in [4.69, 9.17) is 9.88 Å². The third-order valence-corrected chi connectivity index (χ3v) is 5.73. The van der Waals surface area contributed by atoms with Gasteiger partial charge >= 0.3 is 5.97 Å². The number of primary sulfonamides is 1. The van der Waals surface area contributed by atoms with Gasteiger partial charge in [0.25, 0.3) is 5.91 Å². The van der Waals surface area contributed by atoms with Crippen LogP contribution in [0.1, 0.15) is 22.8 Å².